The van der Waals surface area contributed by atoms with Crippen molar-refractivity contribution in [2.45, 2.75) is 5.88 Å². The molecule has 5 nitrogen and oxygen atoms in total. The molecule has 0 spiro atoms. The maximum absolute atomic E-state index is 6.04. The molecule has 0 aliphatic rings. The Balaban J connectivity index is 2.29. The summed E-state index contributed by atoms with van der Waals surface area (Å²) in [5.74, 6) is 2.46. The van der Waals surface area contributed by atoms with Crippen LogP contribution in [0.15, 0.2) is 36.7 Å². The summed E-state index contributed by atoms with van der Waals surface area (Å²) in [7, 11) is 3.25. The molecule has 0 saturated heterocycles. The first kappa shape index (κ1) is 13.7. The van der Waals surface area contributed by atoms with Crippen LogP contribution in [0, 0.1) is 0 Å². The summed E-state index contributed by atoms with van der Waals surface area (Å²) in [5, 5.41) is 0. The third-order valence-corrected chi connectivity index (χ3v) is 3.51. The molecule has 0 aliphatic carbocycles. The van der Waals surface area contributed by atoms with Crippen molar-refractivity contribution >= 4 is 22.6 Å². The van der Waals surface area contributed by atoms with Gasteiger partial charge in [-0.3, -0.25) is 9.55 Å². The van der Waals surface area contributed by atoms with Crippen LogP contribution in [-0.4, -0.2) is 28.8 Å². The second kappa shape index (κ2) is 5.61. The van der Waals surface area contributed by atoms with E-state index in [9.17, 15) is 0 Å². The summed E-state index contributed by atoms with van der Waals surface area (Å²) in [6.45, 7) is 0. The largest absolute Gasteiger partial charge is 0.497 e. The van der Waals surface area contributed by atoms with Crippen LogP contribution in [0.3, 0.4) is 0 Å². The topological polar surface area (TPSA) is 49.2 Å². The molecule has 0 fully saturated rings. The summed E-state index contributed by atoms with van der Waals surface area (Å²) in [4.78, 5) is 8.60. The zero-order valence-electron chi connectivity index (χ0n) is 11.7. The zero-order valence-corrected chi connectivity index (χ0v) is 12.5. The van der Waals surface area contributed by atoms with Gasteiger partial charge in [0.1, 0.15) is 22.8 Å². The number of halogens is 1. The van der Waals surface area contributed by atoms with E-state index in [1.54, 1.807) is 26.6 Å². The highest BCUT2D eigenvalue weighted by atomic mass is 35.5. The van der Waals surface area contributed by atoms with Gasteiger partial charge < -0.3 is 9.47 Å². The molecule has 0 radical (unpaired) electrons. The standard InChI is InChI=1S/C15H14ClN3O2/c1-20-10-3-4-13(14(7-10)21-2)19-12-5-6-17-9-11(12)18-15(19)8-16/h3-7,9H,8H2,1-2H3. The minimum absolute atomic E-state index is 0.295. The van der Waals surface area contributed by atoms with Gasteiger partial charge >= 0.3 is 0 Å². The zero-order chi connectivity index (χ0) is 14.8. The average Bonchev–Trinajstić information content (AvgIpc) is 2.92. The van der Waals surface area contributed by atoms with Crippen LogP contribution in [0.5, 0.6) is 11.5 Å². The summed E-state index contributed by atoms with van der Waals surface area (Å²) in [5.41, 5.74) is 2.60. The van der Waals surface area contributed by atoms with Crippen molar-refractivity contribution in [2.75, 3.05) is 14.2 Å². The van der Waals surface area contributed by atoms with Gasteiger partial charge in [0, 0.05) is 12.3 Å². The van der Waals surface area contributed by atoms with Crippen molar-refractivity contribution < 1.29 is 9.47 Å². The number of nitrogens with zero attached hydrogens (tertiary/aromatic N) is 3. The van der Waals surface area contributed by atoms with Crippen molar-refractivity contribution in [3.8, 4) is 17.2 Å². The molecule has 21 heavy (non-hydrogen) atoms. The van der Waals surface area contributed by atoms with E-state index in [1.165, 1.54) is 0 Å². The number of alkyl halides is 1. The predicted octanol–water partition coefficient (Wildman–Crippen LogP) is 3.18. The molecular formula is C15H14ClN3O2. The van der Waals surface area contributed by atoms with Crippen LogP contribution >= 0.6 is 11.6 Å². The van der Waals surface area contributed by atoms with E-state index in [1.807, 2.05) is 28.8 Å². The van der Waals surface area contributed by atoms with E-state index >= 15 is 0 Å². The van der Waals surface area contributed by atoms with Crippen molar-refractivity contribution in [1.29, 1.82) is 0 Å². The molecule has 108 valence electrons. The van der Waals surface area contributed by atoms with Crippen LogP contribution < -0.4 is 9.47 Å². The first-order chi connectivity index (χ1) is 10.3. The van der Waals surface area contributed by atoms with Crippen LogP contribution in [0.25, 0.3) is 16.7 Å². The molecular weight excluding hydrogens is 290 g/mol. The molecule has 3 aromatic rings. The summed E-state index contributed by atoms with van der Waals surface area (Å²) < 4.78 is 12.7. The van der Waals surface area contributed by atoms with Gasteiger partial charge in [-0.25, -0.2) is 4.98 Å². The Kier molecular flexibility index (Phi) is 3.66. The molecule has 0 amide bonds. The lowest BCUT2D eigenvalue weighted by Gasteiger charge is -2.13. The molecule has 0 unspecified atom stereocenters. The second-order valence-electron chi connectivity index (χ2n) is 4.40. The minimum Gasteiger partial charge on any atom is -0.497 e. The summed E-state index contributed by atoms with van der Waals surface area (Å²) in [6.07, 6.45) is 3.45. The number of hydrogen-bond donors (Lipinski definition) is 0. The lowest BCUT2D eigenvalue weighted by atomic mass is 10.2. The number of pyridine rings is 1. The highest BCUT2D eigenvalue weighted by Crippen LogP contribution is 2.31. The van der Waals surface area contributed by atoms with Crippen LogP contribution in [0.2, 0.25) is 0 Å². The smallest absolute Gasteiger partial charge is 0.146 e. The lowest BCUT2D eigenvalue weighted by molar-refractivity contribution is 0.393. The number of aromatic nitrogens is 3. The molecule has 0 saturated carbocycles. The molecule has 0 N–H and O–H groups in total. The van der Waals surface area contributed by atoms with E-state index < -0.39 is 0 Å². The molecule has 3 rings (SSSR count). The summed E-state index contributed by atoms with van der Waals surface area (Å²) in [6, 6.07) is 7.54. The third-order valence-electron chi connectivity index (χ3n) is 3.27. The number of fused-ring (bicyclic) bond motifs is 1. The molecule has 0 bridgehead atoms. The Morgan fingerprint density at radius 3 is 2.76 bits per heavy atom. The molecule has 0 atom stereocenters. The molecule has 6 heteroatoms. The summed E-state index contributed by atoms with van der Waals surface area (Å²) >= 11 is 6.04. The van der Waals surface area contributed by atoms with E-state index in [4.69, 9.17) is 21.1 Å². The number of rotatable bonds is 4. The first-order valence-corrected chi connectivity index (χ1v) is 6.91. The molecule has 2 aromatic heterocycles. The monoisotopic (exact) mass is 303 g/mol. The Bertz CT molecular complexity index is 786. The van der Waals surface area contributed by atoms with E-state index in [2.05, 4.69) is 9.97 Å². The normalized spacial score (nSPS) is 10.8. The van der Waals surface area contributed by atoms with Gasteiger partial charge in [-0.1, -0.05) is 0 Å². The Morgan fingerprint density at radius 1 is 1.19 bits per heavy atom. The lowest BCUT2D eigenvalue weighted by Crippen LogP contribution is -2.02. The highest BCUT2D eigenvalue weighted by molar-refractivity contribution is 6.17. The first-order valence-electron chi connectivity index (χ1n) is 6.38. The van der Waals surface area contributed by atoms with Crippen molar-refractivity contribution in [1.82, 2.24) is 14.5 Å². The van der Waals surface area contributed by atoms with Gasteiger partial charge in [0.25, 0.3) is 0 Å². The fraction of sp³-hybridized carbons (Fsp3) is 0.200. The fourth-order valence-corrected chi connectivity index (χ4v) is 2.49. The van der Waals surface area contributed by atoms with E-state index in [-0.39, 0.29) is 0 Å². The van der Waals surface area contributed by atoms with Crippen LogP contribution in [-0.2, 0) is 5.88 Å². The van der Waals surface area contributed by atoms with Gasteiger partial charge in [-0.05, 0) is 18.2 Å². The van der Waals surface area contributed by atoms with Gasteiger partial charge in [-0.2, -0.15) is 0 Å². The van der Waals surface area contributed by atoms with Gasteiger partial charge in [0.15, 0.2) is 0 Å². The highest BCUT2D eigenvalue weighted by Gasteiger charge is 2.15. The number of hydrogen-bond acceptors (Lipinski definition) is 4. The SMILES string of the molecule is COc1ccc(-n2c(CCl)nc3cnccc32)c(OC)c1. The number of methoxy groups -OCH3 is 2. The Morgan fingerprint density at radius 2 is 2.05 bits per heavy atom. The number of benzene rings is 1. The van der Waals surface area contributed by atoms with Crippen LogP contribution in [0.1, 0.15) is 5.82 Å². The van der Waals surface area contributed by atoms with Gasteiger partial charge in [0.05, 0.1) is 37.5 Å². The second-order valence-corrected chi connectivity index (χ2v) is 4.67. The molecule has 2 heterocycles. The number of imidazole rings is 1. The number of ether oxygens (including phenoxy) is 2. The van der Waals surface area contributed by atoms with Crippen molar-refractivity contribution in [3.05, 3.63) is 42.5 Å². The predicted molar refractivity (Wildman–Crippen MR) is 81.5 cm³/mol. The molecule has 1 aromatic carbocycles. The maximum Gasteiger partial charge on any atom is 0.146 e. The van der Waals surface area contributed by atoms with Gasteiger partial charge in [0.2, 0.25) is 0 Å². The third kappa shape index (κ3) is 2.29. The minimum atomic E-state index is 0.295. The van der Waals surface area contributed by atoms with E-state index in [0.717, 1.165) is 28.3 Å². The van der Waals surface area contributed by atoms with E-state index in [0.29, 0.717) is 11.6 Å². The average molecular weight is 304 g/mol. The maximum atomic E-state index is 6.04. The Hall–Kier alpha value is -2.27. The van der Waals surface area contributed by atoms with Crippen LogP contribution in [0.4, 0.5) is 0 Å². The molecule has 0 aliphatic heterocycles. The fourth-order valence-electron chi connectivity index (χ4n) is 2.31. The van der Waals surface area contributed by atoms with Crippen molar-refractivity contribution in [3.63, 3.8) is 0 Å². The van der Waals surface area contributed by atoms with Crippen molar-refractivity contribution in [2.24, 2.45) is 0 Å². The quantitative estimate of drug-likeness (QED) is 0.695. The van der Waals surface area contributed by atoms with Gasteiger partial charge in [-0.15, -0.1) is 11.6 Å². The Labute approximate surface area is 127 Å².